The topological polar surface area (TPSA) is 37.0 Å². The number of anilines is 1. The molecule has 0 bridgehead atoms. The lowest BCUT2D eigenvalue weighted by Gasteiger charge is -2.17. The summed E-state index contributed by atoms with van der Waals surface area (Å²) >= 11 is 8.73. The van der Waals surface area contributed by atoms with Crippen molar-refractivity contribution in [3.05, 3.63) is 58.2 Å². The fourth-order valence-corrected chi connectivity index (χ4v) is 2.56. The Morgan fingerprint density at radius 3 is 2.65 bits per heavy atom. The van der Waals surface area contributed by atoms with Gasteiger partial charge in [0.15, 0.2) is 5.11 Å². The number of nitrogens with one attached hydrogen (secondary N) is 2. The van der Waals surface area contributed by atoms with Crippen LogP contribution in [0.1, 0.15) is 24.1 Å². The quantitative estimate of drug-likeness (QED) is 0.814. The number of benzene rings is 1. The molecule has 104 valence electrons. The zero-order valence-electron chi connectivity index (χ0n) is 11.4. The van der Waals surface area contributed by atoms with Crippen molar-refractivity contribution in [2.45, 2.75) is 19.9 Å². The fraction of sp³-hybridized carbons (Fsp3) is 0.200. The second-order valence-electron chi connectivity index (χ2n) is 4.55. The highest BCUT2D eigenvalue weighted by Crippen LogP contribution is 2.17. The second kappa shape index (κ2) is 6.81. The average Bonchev–Trinajstić information content (AvgIpc) is 2.43. The smallest absolute Gasteiger partial charge is 0.172 e. The lowest BCUT2D eigenvalue weighted by molar-refractivity contribution is 0.722. The summed E-state index contributed by atoms with van der Waals surface area (Å²) in [6.07, 6.45) is 1.75. The first-order chi connectivity index (χ1) is 9.56. The van der Waals surface area contributed by atoms with Crippen LogP contribution in [0, 0.1) is 6.92 Å². The van der Waals surface area contributed by atoms with Crippen LogP contribution in [-0.4, -0.2) is 10.1 Å². The number of nitrogens with zero attached hydrogens (tertiary/aromatic N) is 1. The molecule has 2 rings (SSSR count). The van der Waals surface area contributed by atoms with E-state index in [2.05, 4.69) is 50.6 Å². The molecule has 0 saturated heterocycles. The van der Waals surface area contributed by atoms with Crippen molar-refractivity contribution < 1.29 is 0 Å². The van der Waals surface area contributed by atoms with Crippen LogP contribution in [0.4, 0.5) is 5.82 Å². The third kappa shape index (κ3) is 4.02. The number of thiocarbonyl (C=S) groups is 1. The van der Waals surface area contributed by atoms with Crippen LogP contribution in [0.2, 0.25) is 0 Å². The number of aromatic nitrogens is 1. The Balaban J connectivity index is 1.99. The lowest BCUT2D eigenvalue weighted by atomic mass is 10.1. The van der Waals surface area contributed by atoms with Crippen LogP contribution < -0.4 is 10.6 Å². The maximum absolute atomic E-state index is 5.33. The minimum Gasteiger partial charge on any atom is -0.356 e. The van der Waals surface area contributed by atoms with E-state index in [0.29, 0.717) is 5.11 Å². The molecule has 0 amide bonds. The summed E-state index contributed by atoms with van der Waals surface area (Å²) in [5.74, 6) is 0.769. The maximum atomic E-state index is 5.33. The first kappa shape index (κ1) is 14.9. The summed E-state index contributed by atoms with van der Waals surface area (Å²) in [5, 5.41) is 6.95. The Labute approximate surface area is 132 Å². The Bertz CT molecular complexity index is 601. The first-order valence-electron chi connectivity index (χ1n) is 6.31. The zero-order chi connectivity index (χ0) is 14.5. The van der Waals surface area contributed by atoms with Gasteiger partial charge >= 0.3 is 0 Å². The molecule has 1 aromatic carbocycles. The van der Waals surface area contributed by atoms with Gasteiger partial charge in [-0.2, -0.15) is 0 Å². The molecule has 5 heteroatoms. The number of rotatable bonds is 3. The van der Waals surface area contributed by atoms with Crippen molar-refractivity contribution in [3.8, 4) is 0 Å². The van der Waals surface area contributed by atoms with Crippen molar-refractivity contribution in [3.63, 3.8) is 0 Å². The molecule has 0 saturated carbocycles. The molecule has 0 aliphatic carbocycles. The molecule has 2 aromatic rings. The number of hydrogen-bond donors (Lipinski definition) is 2. The van der Waals surface area contributed by atoms with Gasteiger partial charge in [0.25, 0.3) is 0 Å². The van der Waals surface area contributed by atoms with E-state index < -0.39 is 0 Å². The van der Waals surface area contributed by atoms with Gasteiger partial charge in [-0.15, -0.1) is 0 Å². The molecule has 0 radical (unpaired) electrons. The second-order valence-corrected chi connectivity index (χ2v) is 5.87. The molecule has 0 spiro atoms. The zero-order valence-corrected chi connectivity index (χ0v) is 13.8. The van der Waals surface area contributed by atoms with E-state index in [9.17, 15) is 0 Å². The fourth-order valence-electron chi connectivity index (χ4n) is 1.84. The van der Waals surface area contributed by atoms with Gasteiger partial charge in [0.2, 0.25) is 0 Å². The summed E-state index contributed by atoms with van der Waals surface area (Å²) in [6.45, 7) is 4.06. The molecule has 20 heavy (non-hydrogen) atoms. The van der Waals surface area contributed by atoms with E-state index in [1.54, 1.807) is 6.20 Å². The molecular formula is C15H16BrN3S. The number of aryl methyl sites for hydroxylation is 1. The van der Waals surface area contributed by atoms with E-state index in [0.717, 1.165) is 15.9 Å². The summed E-state index contributed by atoms with van der Waals surface area (Å²) in [6, 6.07) is 12.3. The monoisotopic (exact) mass is 349 g/mol. The van der Waals surface area contributed by atoms with Gasteiger partial charge < -0.3 is 10.6 Å². The van der Waals surface area contributed by atoms with Gasteiger partial charge in [0.1, 0.15) is 5.82 Å². The molecule has 0 aliphatic heterocycles. The van der Waals surface area contributed by atoms with Gasteiger partial charge in [-0.25, -0.2) is 4.98 Å². The van der Waals surface area contributed by atoms with Crippen LogP contribution in [0.5, 0.6) is 0 Å². The van der Waals surface area contributed by atoms with E-state index in [1.807, 2.05) is 31.2 Å². The standard InChI is InChI=1S/C15H16BrN3S/c1-10-8-13(16)9-17-14(10)19-15(20)18-11(2)12-6-4-3-5-7-12/h3-9,11H,1-2H3,(H2,17,18,19,20)/t11-/m0/s1. The molecule has 0 fully saturated rings. The van der Waals surface area contributed by atoms with Gasteiger partial charge in [-0.3, -0.25) is 0 Å². The Morgan fingerprint density at radius 1 is 1.30 bits per heavy atom. The minimum atomic E-state index is 0.145. The highest BCUT2D eigenvalue weighted by Gasteiger charge is 2.08. The van der Waals surface area contributed by atoms with Crippen LogP contribution >= 0.6 is 28.1 Å². The van der Waals surface area contributed by atoms with Crippen molar-refractivity contribution in [1.29, 1.82) is 0 Å². The van der Waals surface area contributed by atoms with E-state index in [-0.39, 0.29) is 6.04 Å². The SMILES string of the molecule is Cc1cc(Br)cnc1NC(=S)N[C@@H](C)c1ccccc1. The van der Waals surface area contributed by atoms with Crippen molar-refractivity contribution in [2.75, 3.05) is 5.32 Å². The van der Waals surface area contributed by atoms with E-state index in [4.69, 9.17) is 12.2 Å². The van der Waals surface area contributed by atoms with Crippen molar-refractivity contribution >= 4 is 39.1 Å². The summed E-state index contributed by atoms with van der Waals surface area (Å²) in [5.41, 5.74) is 2.23. The van der Waals surface area contributed by atoms with Crippen molar-refractivity contribution in [1.82, 2.24) is 10.3 Å². The largest absolute Gasteiger partial charge is 0.356 e. The molecule has 1 heterocycles. The highest BCUT2D eigenvalue weighted by atomic mass is 79.9. The Kier molecular flexibility index (Phi) is 5.09. The number of halogens is 1. The first-order valence-corrected chi connectivity index (χ1v) is 7.51. The van der Waals surface area contributed by atoms with Gasteiger partial charge in [0.05, 0.1) is 6.04 Å². The van der Waals surface area contributed by atoms with E-state index in [1.165, 1.54) is 5.56 Å². The molecule has 1 atom stereocenters. The summed E-state index contributed by atoms with van der Waals surface area (Å²) in [4.78, 5) is 4.31. The normalized spacial score (nSPS) is 11.8. The number of hydrogen-bond acceptors (Lipinski definition) is 2. The maximum Gasteiger partial charge on any atom is 0.172 e. The van der Waals surface area contributed by atoms with Gasteiger partial charge in [-0.05, 0) is 59.2 Å². The van der Waals surface area contributed by atoms with Crippen LogP contribution in [0.3, 0.4) is 0 Å². The van der Waals surface area contributed by atoms with Gasteiger partial charge in [0, 0.05) is 10.7 Å². The molecule has 1 aromatic heterocycles. The Morgan fingerprint density at radius 2 is 2.00 bits per heavy atom. The predicted molar refractivity (Wildman–Crippen MR) is 90.9 cm³/mol. The molecular weight excluding hydrogens is 334 g/mol. The predicted octanol–water partition coefficient (Wildman–Crippen LogP) is 4.20. The molecule has 3 nitrogen and oxygen atoms in total. The van der Waals surface area contributed by atoms with Crippen LogP contribution in [0.15, 0.2) is 47.1 Å². The number of pyridine rings is 1. The molecule has 2 N–H and O–H groups in total. The van der Waals surface area contributed by atoms with Crippen LogP contribution in [-0.2, 0) is 0 Å². The average molecular weight is 350 g/mol. The molecule has 0 aliphatic rings. The van der Waals surface area contributed by atoms with Crippen molar-refractivity contribution in [2.24, 2.45) is 0 Å². The summed E-state index contributed by atoms with van der Waals surface area (Å²) in [7, 11) is 0. The lowest BCUT2D eigenvalue weighted by Crippen LogP contribution is -2.31. The summed E-state index contributed by atoms with van der Waals surface area (Å²) < 4.78 is 0.956. The van der Waals surface area contributed by atoms with Crippen LogP contribution in [0.25, 0.3) is 0 Å². The molecule has 0 unspecified atom stereocenters. The van der Waals surface area contributed by atoms with E-state index >= 15 is 0 Å². The minimum absolute atomic E-state index is 0.145. The highest BCUT2D eigenvalue weighted by molar-refractivity contribution is 9.10. The third-order valence-corrected chi connectivity index (χ3v) is 3.58. The van der Waals surface area contributed by atoms with Gasteiger partial charge in [-0.1, -0.05) is 30.3 Å². The Hall–Kier alpha value is -1.46. The third-order valence-electron chi connectivity index (χ3n) is 2.92.